The third-order valence-electron chi connectivity index (χ3n) is 2.31. The Labute approximate surface area is 87.9 Å². The van der Waals surface area contributed by atoms with Crippen molar-refractivity contribution in [1.29, 1.82) is 0 Å². The van der Waals surface area contributed by atoms with E-state index in [0.29, 0.717) is 6.54 Å². The Morgan fingerprint density at radius 2 is 2.20 bits per heavy atom. The van der Waals surface area contributed by atoms with Gasteiger partial charge in [-0.05, 0) is 6.07 Å². The maximum atomic E-state index is 11.7. The molecule has 2 rings (SSSR count). The summed E-state index contributed by atoms with van der Waals surface area (Å²) in [4.78, 5) is 17.3. The summed E-state index contributed by atoms with van der Waals surface area (Å²) < 4.78 is 0. The second-order valence-electron chi connectivity index (χ2n) is 3.30. The molecule has 1 N–H and O–H groups in total. The zero-order valence-electron chi connectivity index (χ0n) is 8.26. The SMILES string of the molecule is O=C1CN=Cc2ccccc2N1CCO. The van der Waals surface area contributed by atoms with Crippen LogP contribution in [0.1, 0.15) is 5.56 Å². The smallest absolute Gasteiger partial charge is 0.248 e. The number of aliphatic hydroxyl groups excluding tert-OH is 1. The molecular weight excluding hydrogens is 192 g/mol. The predicted octanol–water partition coefficient (Wildman–Crippen LogP) is 0.444. The lowest BCUT2D eigenvalue weighted by atomic mass is 10.2. The molecule has 4 heteroatoms. The highest BCUT2D eigenvalue weighted by molar-refractivity contribution is 6.03. The number of para-hydroxylation sites is 1. The lowest BCUT2D eigenvalue weighted by Crippen LogP contribution is -2.34. The second-order valence-corrected chi connectivity index (χ2v) is 3.30. The van der Waals surface area contributed by atoms with Gasteiger partial charge in [0.2, 0.25) is 5.91 Å². The molecule has 0 unspecified atom stereocenters. The van der Waals surface area contributed by atoms with E-state index in [0.717, 1.165) is 11.3 Å². The van der Waals surface area contributed by atoms with Crippen molar-refractivity contribution in [2.24, 2.45) is 4.99 Å². The molecule has 0 radical (unpaired) electrons. The number of aliphatic hydroxyl groups is 1. The molecule has 15 heavy (non-hydrogen) atoms. The standard InChI is InChI=1S/C11H12N2O2/c14-6-5-13-10-4-2-1-3-9(10)7-12-8-11(13)15/h1-4,7,14H,5-6,8H2. The average molecular weight is 204 g/mol. The fourth-order valence-corrected chi connectivity index (χ4v) is 1.63. The van der Waals surface area contributed by atoms with E-state index in [2.05, 4.69) is 4.99 Å². The molecule has 0 saturated heterocycles. The van der Waals surface area contributed by atoms with Crippen molar-refractivity contribution >= 4 is 17.8 Å². The number of benzene rings is 1. The van der Waals surface area contributed by atoms with E-state index in [1.165, 1.54) is 0 Å². The molecule has 78 valence electrons. The first kappa shape index (κ1) is 9.86. The molecule has 0 fully saturated rings. The van der Waals surface area contributed by atoms with Gasteiger partial charge in [-0.1, -0.05) is 18.2 Å². The quantitative estimate of drug-likeness (QED) is 0.760. The van der Waals surface area contributed by atoms with Crippen LogP contribution in [0.15, 0.2) is 29.3 Å². The van der Waals surface area contributed by atoms with E-state index in [4.69, 9.17) is 5.11 Å². The number of carbonyl (C=O) groups excluding carboxylic acids is 1. The number of benzodiazepines with no additional fused rings is 1. The second kappa shape index (κ2) is 4.23. The summed E-state index contributed by atoms with van der Waals surface area (Å²) in [5.41, 5.74) is 1.73. The number of hydrogen-bond acceptors (Lipinski definition) is 3. The molecule has 0 aromatic heterocycles. The van der Waals surface area contributed by atoms with E-state index in [1.807, 2.05) is 24.3 Å². The van der Waals surface area contributed by atoms with Crippen LogP contribution in [0.3, 0.4) is 0 Å². The van der Waals surface area contributed by atoms with Crippen molar-refractivity contribution in [2.75, 3.05) is 24.6 Å². The van der Waals surface area contributed by atoms with E-state index in [9.17, 15) is 4.79 Å². The molecule has 1 aliphatic rings. The molecule has 1 heterocycles. The highest BCUT2D eigenvalue weighted by atomic mass is 16.3. The number of anilines is 1. The number of β-amino-alcohol motifs (C(OH)–C–C–N with tert-alkyl or cyclic N) is 1. The molecule has 0 aliphatic carbocycles. The Kier molecular flexibility index (Phi) is 2.78. The minimum absolute atomic E-state index is 0.0416. The normalized spacial score (nSPS) is 15.0. The van der Waals surface area contributed by atoms with E-state index < -0.39 is 0 Å². The first-order valence-electron chi connectivity index (χ1n) is 4.83. The lowest BCUT2D eigenvalue weighted by Gasteiger charge is -2.21. The van der Waals surface area contributed by atoms with Crippen LogP contribution in [0.4, 0.5) is 5.69 Å². The van der Waals surface area contributed by atoms with E-state index in [1.54, 1.807) is 11.1 Å². The summed E-state index contributed by atoms with van der Waals surface area (Å²) in [6.07, 6.45) is 1.70. The van der Waals surface area contributed by atoms with Crippen LogP contribution in [0, 0.1) is 0 Å². The number of rotatable bonds is 2. The maximum absolute atomic E-state index is 11.7. The topological polar surface area (TPSA) is 52.9 Å². The molecule has 1 amide bonds. The predicted molar refractivity (Wildman–Crippen MR) is 58.3 cm³/mol. The third kappa shape index (κ3) is 1.89. The van der Waals surface area contributed by atoms with Gasteiger partial charge in [-0.2, -0.15) is 0 Å². The fraction of sp³-hybridized carbons (Fsp3) is 0.273. The number of nitrogens with zero attached hydrogens (tertiary/aromatic N) is 2. The Morgan fingerprint density at radius 1 is 1.40 bits per heavy atom. The van der Waals surface area contributed by atoms with Crippen molar-refractivity contribution in [3.05, 3.63) is 29.8 Å². The largest absolute Gasteiger partial charge is 0.395 e. The van der Waals surface area contributed by atoms with Gasteiger partial charge in [0, 0.05) is 18.3 Å². The van der Waals surface area contributed by atoms with Gasteiger partial charge in [0.1, 0.15) is 6.54 Å². The molecule has 1 aromatic carbocycles. The Balaban J connectivity index is 2.43. The number of amides is 1. The minimum Gasteiger partial charge on any atom is -0.395 e. The molecule has 4 nitrogen and oxygen atoms in total. The van der Waals surface area contributed by atoms with Gasteiger partial charge < -0.3 is 10.0 Å². The van der Waals surface area contributed by atoms with Gasteiger partial charge in [0.15, 0.2) is 0 Å². The highest BCUT2D eigenvalue weighted by Gasteiger charge is 2.18. The maximum Gasteiger partial charge on any atom is 0.248 e. The van der Waals surface area contributed by atoms with Gasteiger partial charge in [-0.25, -0.2) is 0 Å². The molecular formula is C11H12N2O2. The number of hydrogen-bond donors (Lipinski definition) is 1. The van der Waals surface area contributed by atoms with Gasteiger partial charge in [-0.15, -0.1) is 0 Å². The van der Waals surface area contributed by atoms with Crippen molar-refractivity contribution in [3.63, 3.8) is 0 Å². The zero-order chi connectivity index (χ0) is 10.7. The molecule has 0 spiro atoms. The van der Waals surface area contributed by atoms with Crippen LogP contribution in [-0.4, -0.2) is 36.9 Å². The van der Waals surface area contributed by atoms with E-state index >= 15 is 0 Å². The van der Waals surface area contributed by atoms with Gasteiger partial charge in [0.25, 0.3) is 0 Å². The van der Waals surface area contributed by atoms with Crippen LogP contribution in [-0.2, 0) is 4.79 Å². The zero-order valence-corrected chi connectivity index (χ0v) is 8.26. The molecule has 0 saturated carbocycles. The third-order valence-corrected chi connectivity index (χ3v) is 2.31. The van der Waals surface area contributed by atoms with Crippen LogP contribution < -0.4 is 4.90 Å². The van der Waals surface area contributed by atoms with Crippen LogP contribution in [0.25, 0.3) is 0 Å². The summed E-state index contributed by atoms with van der Waals surface area (Å²) in [6.45, 7) is 0.425. The van der Waals surface area contributed by atoms with Crippen LogP contribution in [0.5, 0.6) is 0 Å². The Bertz CT molecular complexity index is 401. The van der Waals surface area contributed by atoms with Gasteiger partial charge in [-0.3, -0.25) is 9.79 Å². The first-order chi connectivity index (χ1) is 7.33. The van der Waals surface area contributed by atoms with Crippen LogP contribution in [0.2, 0.25) is 0 Å². The van der Waals surface area contributed by atoms with Gasteiger partial charge in [0.05, 0.1) is 12.3 Å². The average Bonchev–Trinajstić information content (AvgIpc) is 2.40. The van der Waals surface area contributed by atoms with Crippen molar-refractivity contribution in [1.82, 2.24) is 0 Å². The fourth-order valence-electron chi connectivity index (χ4n) is 1.63. The number of carbonyl (C=O) groups is 1. The summed E-state index contributed by atoms with van der Waals surface area (Å²) in [5.74, 6) is -0.0785. The minimum atomic E-state index is -0.0785. The van der Waals surface area contributed by atoms with Crippen molar-refractivity contribution < 1.29 is 9.90 Å². The summed E-state index contributed by atoms with van der Waals surface area (Å²) in [5, 5.41) is 8.92. The van der Waals surface area contributed by atoms with Crippen molar-refractivity contribution in [2.45, 2.75) is 0 Å². The van der Waals surface area contributed by atoms with Gasteiger partial charge >= 0.3 is 0 Å². The summed E-state index contributed by atoms with van der Waals surface area (Å²) >= 11 is 0. The molecule has 1 aliphatic heterocycles. The molecule has 1 aromatic rings. The number of aliphatic imine (C=N–C) groups is 1. The van der Waals surface area contributed by atoms with E-state index in [-0.39, 0.29) is 19.1 Å². The highest BCUT2D eigenvalue weighted by Crippen LogP contribution is 2.20. The Morgan fingerprint density at radius 3 is 3.00 bits per heavy atom. The monoisotopic (exact) mass is 204 g/mol. The van der Waals surface area contributed by atoms with Crippen LogP contribution >= 0.6 is 0 Å². The Hall–Kier alpha value is -1.68. The summed E-state index contributed by atoms with van der Waals surface area (Å²) in [6, 6.07) is 7.54. The lowest BCUT2D eigenvalue weighted by molar-refractivity contribution is -0.117. The van der Waals surface area contributed by atoms with Crippen molar-refractivity contribution in [3.8, 4) is 0 Å². The number of fused-ring (bicyclic) bond motifs is 1. The summed E-state index contributed by atoms with van der Waals surface area (Å²) in [7, 11) is 0. The molecule has 0 bridgehead atoms. The molecule has 0 atom stereocenters. The first-order valence-corrected chi connectivity index (χ1v) is 4.83.